The lowest BCUT2D eigenvalue weighted by atomic mass is 10.1. The minimum absolute atomic E-state index is 0.131. The van der Waals surface area contributed by atoms with Gasteiger partial charge in [-0.25, -0.2) is 4.98 Å². The molecule has 0 saturated carbocycles. The maximum absolute atomic E-state index is 8.87. The van der Waals surface area contributed by atoms with Gasteiger partial charge in [0.2, 0.25) is 0 Å². The van der Waals surface area contributed by atoms with Crippen molar-refractivity contribution in [1.29, 1.82) is 0 Å². The zero-order chi connectivity index (χ0) is 18.4. The summed E-state index contributed by atoms with van der Waals surface area (Å²) in [7, 11) is 0. The molecular weight excluding hydrogens is 392 g/mol. The Morgan fingerprint density at radius 3 is 2.88 bits per heavy atom. The van der Waals surface area contributed by atoms with E-state index >= 15 is 0 Å². The molecule has 0 aliphatic rings. The van der Waals surface area contributed by atoms with Gasteiger partial charge in [0.25, 0.3) is 0 Å². The molecule has 0 fully saturated rings. The van der Waals surface area contributed by atoms with Gasteiger partial charge in [-0.1, -0.05) is 35.3 Å². The van der Waals surface area contributed by atoms with Gasteiger partial charge in [-0.3, -0.25) is 4.98 Å². The van der Waals surface area contributed by atoms with Gasteiger partial charge in [0.15, 0.2) is 5.82 Å². The Bertz CT molecular complexity index is 885. The van der Waals surface area contributed by atoms with Crippen molar-refractivity contribution in [3.63, 3.8) is 0 Å². The fourth-order valence-electron chi connectivity index (χ4n) is 2.91. The van der Waals surface area contributed by atoms with Gasteiger partial charge < -0.3 is 15.7 Å². The van der Waals surface area contributed by atoms with E-state index in [0.717, 1.165) is 45.3 Å². The van der Waals surface area contributed by atoms with Crippen LogP contribution in [0.2, 0.25) is 0 Å². The third-order valence-electron chi connectivity index (χ3n) is 4.15. The SMILES string of the molecule is CCCc1c(Br)cccc1Nc1nccc2cc(CNCCO)cnc12. The number of hydrogen-bond donors (Lipinski definition) is 3. The van der Waals surface area contributed by atoms with E-state index in [1.807, 2.05) is 18.3 Å². The number of aliphatic hydroxyl groups is 1. The van der Waals surface area contributed by atoms with Crippen molar-refractivity contribution < 1.29 is 5.11 Å². The van der Waals surface area contributed by atoms with Crippen LogP contribution in [0.1, 0.15) is 24.5 Å². The number of aliphatic hydroxyl groups excluding tert-OH is 1. The second kappa shape index (κ2) is 9.07. The van der Waals surface area contributed by atoms with Crippen LogP contribution < -0.4 is 10.6 Å². The molecule has 1 aromatic carbocycles. The highest BCUT2D eigenvalue weighted by molar-refractivity contribution is 9.10. The number of aromatic nitrogens is 2. The molecule has 0 atom stereocenters. The first-order valence-electron chi connectivity index (χ1n) is 8.82. The van der Waals surface area contributed by atoms with E-state index in [1.165, 1.54) is 5.56 Å². The molecule has 0 aliphatic heterocycles. The molecule has 0 spiro atoms. The summed E-state index contributed by atoms with van der Waals surface area (Å²) >= 11 is 3.65. The van der Waals surface area contributed by atoms with Gasteiger partial charge in [0.1, 0.15) is 5.52 Å². The fraction of sp³-hybridized carbons (Fsp3) is 0.300. The molecule has 5 nitrogen and oxygen atoms in total. The predicted octanol–water partition coefficient (Wildman–Crippen LogP) is 4.17. The lowest BCUT2D eigenvalue weighted by molar-refractivity contribution is 0.292. The molecule has 2 aromatic heterocycles. The highest BCUT2D eigenvalue weighted by atomic mass is 79.9. The molecule has 0 aliphatic carbocycles. The second-order valence-electron chi connectivity index (χ2n) is 6.12. The number of nitrogens with one attached hydrogen (secondary N) is 2. The third-order valence-corrected chi connectivity index (χ3v) is 4.89. The van der Waals surface area contributed by atoms with Crippen LogP contribution in [0.4, 0.5) is 11.5 Å². The Morgan fingerprint density at radius 1 is 1.19 bits per heavy atom. The van der Waals surface area contributed by atoms with Gasteiger partial charge >= 0.3 is 0 Å². The van der Waals surface area contributed by atoms with Crippen molar-refractivity contribution in [3.05, 3.63) is 58.3 Å². The topological polar surface area (TPSA) is 70.1 Å². The Labute approximate surface area is 162 Å². The van der Waals surface area contributed by atoms with Crippen molar-refractivity contribution >= 4 is 38.3 Å². The second-order valence-corrected chi connectivity index (χ2v) is 6.97. The molecule has 2 heterocycles. The normalized spacial score (nSPS) is 11.0. The highest BCUT2D eigenvalue weighted by Gasteiger charge is 2.10. The molecular formula is C20H23BrN4O. The Kier molecular flexibility index (Phi) is 6.55. The molecule has 0 radical (unpaired) electrons. The largest absolute Gasteiger partial charge is 0.395 e. The molecule has 3 rings (SSSR count). The fourth-order valence-corrected chi connectivity index (χ4v) is 3.48. The number of hydrogen-bond acceptors (Lipinski definition) is 5. The van der Waals surface area contributed by atoms with Gasteiger partial charge in [0, 0.05) is 41.0 Å². The number of anilines is 2. The van der Waals surface area contributed by atoms with Crippen molar-refractivity contribution in [1.82, 2.24) is 15.3 Å². The van der Waals surface area contributed by atoms with Crippen LogP contribution in [-0.4, -0.2) is 28.2 Å². The molecule has 0 unspecified atom stereocenters. The van der Waals surface area contributed by atoms with E-state index in [1.54, 1.807) is 6.20 Å². The van der Waals surface area contributed by atoms with E-state index in [-0.39, 0.29) is 6.61 Å². The number of fused-ring (bicyclic) bond motifs is 1. The summed E-state index contributed by atoms with van der Waals surface area (Å²) in [5.41, 5.74) is 4.23. The number of rotatable bonds is 8. The minimum atomic E-state index is 0.131. The molecule has 0 bridgehead atoms. The zero-order valence-corrected chi connectivity index (χ0v) is 16.4. The minimum Gasteiger partial charge on any atom is -0.395 e. The van der Waals surface area contributed by atoms with Crippen LogP contribution in [0.25, 0.3) is 10.9 Å². The van der Waals surface area contributed by atoms with Crippen LogP contribution in [0.15, 0.2) is 47.2 Å². The summed E-state index contributed by atoms with van der Waals surface area (Å²) in [6.07, 6.45) is 5.72. The van der Waals surface area contributed by atoms with Crippen molar-refractivity contribution in [2.45, 2.75) is 26.3 Å². The Balaban J connectivity index is 1.90. The maximum atomic E-state index is 8.87. The molecule has 26 heavy (non-hydrogen) atoms. The molecule has 0 amide bonds. The first kappa shape index (κ1) is 18.8. The van der Waals surface area contributed by atoms with Crippen molar-refractivity contribution in [2.24, 2.45) is 0 Å². The summed E-state index contributed by atoms with van der Waals surface area (Å²) in [5, 5.41) is 16.5. The Morgan fingerprint density at radius 2 is 2.08 bits per heavy atom. The quantitative estimate of drug-likeness (QED) is 0.482. The van der Waals surface area contributed by atoms with E-state index in [2.05, 4.69) is 61.7 Å². The average Bonchev–Trinajstić information content (AvgIpc) is 2.65. The van der Waals surface area contributed by atoms with Crippen molar-refractivity contribution in [3.8, 4) is 0 Å². The van der Waals surface area contributed by atoms with E-state index in [0.29, 0.717) is 13.1 Å². The number of halogens is 1. The number of benzene rings is 1. The van der Waals surface area contributed by atoms with Gasteiger partial charge in [0.05, 0.1) is 6.61 Å². The van der Waals surface area contributed by atoms with Gasteiger partial charge in [-0.05, 0) is 41.8 Å². The summed E-state index contributed by atoms with van der Waals surface area (Å²) in [4.78, 5) is 9.12. The van der Waals surface area contributed by atoms with E-state index in [9.17, 15) is 0 Å². The molecule has 0 saturated heterocycles. The summed E-state index contributed by atoms with van der Waals surface area (Å²) in [5.74, 6) is 0.757. The predicted molar refractivity (Wildman–Crippen MR) is 110 cm³/mol. The lowest BCUT2D eigenvalue weighted by Gasteiger charge is -2.14. The summed E-state index contributed by atoms with van der Waals surface area (Å²) < 4.78 is 1.11. The average molecular weight is 415 g/mol. The van der Waals surface area contributed by atoms with Crippen LogP contribution in [0, 0.1) is 0 Å². The molecule has 6 heteroatoms. The van der Waals surface area contributed by atoms with Gasteiger partial charge in [-0.2, -0.15) is 0 Å². The summed E-state index contributed by atoms with van der Waals surface area (Å²) in [6, 6.07) is 10.2. The van der Waals surface area contributed by atoms with Crippen LogP contribution in [-0.2, 0) is 13.0 Å². The van der Waals surface area contributed by atoms with Crippen LogP contribution in [0.3, 0.4) is 0 Å². The number of pyridine rings is 2. The van der Waals surface area contributed by atoms with Crippen molar-refractivity contribution in [2.75, 3.05) is 18.5 Å². The van der Waals surface area contributed by atoms with Crippen LogP contribution in [0.5, 0.6) is 0 Å². The standard InChI is InChI=1S/C20H23BrN4O/c1-2-4-16-17(21)5-3-6-18(16)25-20-19-15(7-8-23-20)11-14(13-24-19)12-22-9-10-26/h3,5-8,11,13,22,26H,2,4,9-10,12H2,1H3,(H,23,25). The van der Waals surface area contributed by atoms with Gasteiger partial charge in [-0.15, -0.1) is 0 Å². The third kappa shape index (κ3) is 4.38. The van der Waals surface area contributed by atoms with E-state index < -0.39 is 0 Å². The first-order valence-corrected chi connectivity index (χ1v) is 9.62. The lowest BCUT2D eigenvalue weighted by Crippen LogP contribution is -2.17. The molecule has 3 aromatic rings. The maximum Gasteiger partial charge on any atom is 0.156 e. The molecule has 136 valence electrons. The van der Waals surface area contributed by atoms with Crippen LogP contribution >= 0.6 is 15.9 Å². The highest BCUT2D eigenvalue weighted by Crippen LogP contribution is 2.30. The summed E-state index contributed by atoms with van der Waals surface area (Å²) in [6.45, 7) is 3.56. The number of nitrogens with zero attached hydrogens (tertiary/aromatic N) is 2. The Hall–Kier alpha value is -2.02. The molecule has 3 N–H and O–H groups in total. The smallest absolute Gasteiger partial charge is 0.156 e. The first-order chi connectivity index (χ1) is 12.7. The van der Waals surface area contributed by atoms with E-state index in [4.69, 9.17) is 5.11 Å². The monoisotopic (exact) mass is 414 g/mol. The zero-order valence-electron chi connectivity index (χ0n) is 14.8.